The molecule has 0 aromatic carbocycles. The number of Topliss-reactive ketones (excluding diaryl/α,β-unsaturated/α-hetero) is 1. The van der Waals surface area contributed by atoms with Crippen LogP contribution in [-0.4, -0.2) is 40.5 Å². The van der Waals surface area contributed by atoms with Gasteiger partial charge in [-0.1, -0.05) is 0 Å². The Balaban J connectivity index is 2.74. The topological polar surface area (TPSA) is 104 Å². The predicted octanol–water partition coefficient (Wildman–Crippen LogP) is -1.69. The molecular formula is C6H7NO5. The SMILES string of the molecule is O=C(O)[C@H]1CN[C@H](C(=O)O)C1=O. The van der Waals surface area contributed by atoms with Crippen molar-refractivity contribution in [3.63, 3.8) is 0 Å². The zero-order valence-electron chi connectivity index (χ0n) is 5.98. The lowest BCUT2D eigenvalue weighted by Gasteiger charge is -2.00. The van der Waals surface area contributed by atoms with Gasteiger partial charge < -0.3 is 10.2 Å². The number of carboxylic acid groups (broad SMARTS) is 2. The van der Waals surface area contributed by atoms with Gasteiger partial charge in [0.05, 0.1) is 0 Å². The van der Waals surface area contributed by atoms with Crippen molar-refractivity contribution in [1.82, 2.24) is 5.32 Å². The van der Waals surface area contributed by atoms with E-state index in [9.17, 15) is 14.4 Å². The Morgan fingerprint density at radius 1 is 1.33 bits per heavy atom. The molecule has 0 bridgehead atoms. The van der Waals surface area contributed by atoms with Crippen LogP contribution in [0.2, 0.25) is 0 Å². The van der Waals surface area contributed by atoms with Crippen LogP contribution in [0, 0.1) is 5.92 Å². The van der Waals surface area contributed by atoms with E-state index in [0.717, 1.165) is 0 Å². The summed E-state index contributed by atoms with van der Waals surface area (Å²) >= 11 is 0. The van der Waals surface area contributed by atoms with E-state index in [-0.39, 0.29) is 6.54 Å². The third-order valence-electron chi connectivity index (χ3n) is 1.70. The highest BCUT2D eigenvalue weighted by Crippen LogP contribution is 2.09. The number of carbonyl (C=O) groups excluding carboxylic acids is 1. The Labute approximate surface area is 67.2 Å². The lowest BCUT2D eigenvalue weighted by atomic mass is 10.0. The molecule has 0 amide bonds. The lowest BCUT2D eigenvalue weighted by molar-refractivity contribution is -0.146. The van der Waals surface area contributed by atoms with Crippen LogP contribution < -0.4 is 5.32 Å². The van der Waals surface area contributed by atoms with Crippen LogP contribution >= 0.6 is 0 Å². The summed E-state index contributed by atoms with van der Waals surface area (Å²) in [5.74, 6) is -4.61. The summed E-state index contributed by atoms with van der Waals surface area (Å²) in [6.45, 7) is -0.106. The monoisotopic (exact) mass is 173 g/mol. The molecule has 12 heavy (non-hydrogen) atoms. The summed E-state index contributed by atoms with van der Waals surface area (Å²) in [6.07, 6.45) is 0. The van der Waals surface area contributed by atoms with Crippen LogP contribution in [0.25, 0.3) is 0 Å². The van der Waals surface area contributed by atoms with E-state index in [1.54, 1.807) is 0 Å². The molecule has 1 aliphatic rings. The fourth-order valence-corrected chi connectivity index (χ4v) is 1.06. The summed E-state index contributed by atoms with van der Waals surface area (Å²) in [5, 5.41) is 19.1. The quantitative estimate of drug-likeness (QED) is 0.430. The van der Waals surface area contributed by atoms with Crippen LogP contribution in [-0.2, 0) is 14.4 Å². The maximum Gasteiger partial charge on any atom is 0.328 e. The van der Waals surface area contributed by atoms with Gasteiger partial charge in [-0.15, -0.1) is 0 Å². The van der Waals surface area contributed by atoms with E-state index in [4.69, 9.17) is 10.2 Å². The van der Waals surface area contributed by atoms with Gasteiger partial charge in [-0.3, -0.25) is 19.7 Å². The van der Waals surface area contributed by atoms with Crippen LogP contribution in [0.1, 0.15) is 0 Å². The van der Waals surface area contributed by atoms with E-state index >= 15 is 0 Å². The van der Waals surface area contributed by atoms with Crippen molar-refractivity contribution in [2.24, 2.45) is 5.92 Å². The molecule has 2 atom stereocenters. The summed E-state index contributed by atoms with van der Waals surface area (Å²) in [6, 6.07) is -1.36. The number of nitrogens with one attached hydrogen (secondary N) is 1. The molecule has 0 saturated carbocycles. The maximum absolute atomic E-state index is 11.0. The molecule has 6 heteroatoms. The number of rotatable bonds is 2. The van der Waals surface area contributed by atoms with Crippen molar-refractivity contribution in [3.8, 4) is 0 Å². The van der Waals surface area contributed by atoms with Gasteiger partial charge in [-0.2, -0.15) is 0 Å². The molecule has 0 aliphatic carbocycles. The smallest absolute Gasteiger partial charge is 0.328 e. The first-order chi connectivity index (χ1) is 5.54. The van der Waals surface area contributed by atoms with Gasteiger partial charge in [0.15, 0.2) is 11.8 Å². The largest absolute Gasteiger partial charge is 0.481 e. The first-order valence-corrected chi connectivity index (χ1v) is 3.26. The first kappa shape index (κ1) is 8.66. The summed E-state index contributed by atoms with van der Waals surface area (Å²) in [7, 11) is 0. The first-order valence-electron chi connectivity index (χ1n) is 3.26. The second kappa shape index (κ2) is 2.90. The Kier molecular flexibility index (Phi) is 2.09. The fourth-order valence-electron chi connectivity index (χ4n) is 1.06. The second-order valence-electron chi connectivity index (χ2n) is 2.47. The summed E-state index contributed by atoms with van der Waals surface area (Å²) in [5.41, 5.74) is 0. The number of aliphatic carboxylic acids is 2. The third kappa shape index (κ3) is 1.28. The molecule has 0 unspecified atom stereocenters. The minimum Gasteiger partial charge on any atom is -0.481 e. The van der Waals surface area contributed by atoms with Crippen molar-refractivity contribution in [2.75, 3.05) is 6.54 Å². The van der Waals surface area contributed by atoms with Crippen molar-refractivity contribution in [3.05, 3.63) is 0 Å². The zero-order valence-corrected chi connectivity index (χ0v) is 5.98. The number of carboxylic acids is 2. The molecule has 0 radical (unpaired) electrons. The third-order valence-corrected chi connectivity index (χ3v) is 1.70. The molecule has 3 N–H and O–H groups in total. The molecule has 1 rings (SSSR count). The van der Waals surface area contributed by atoms with Gasteiger partial charge in [-0.25, -0.2) is 0 Å². The fraction of sp³-hybridized carbons (Fsp3) is 0.500. The minimum absolute atomic E-state index is 0.106. The molecule has 1 fully saturated rings. The van der Waals surface area contributed by atoms with Gasteiger partial charge in [0, 0.05) is 6.54 Å². The molecule has 1 aliphatic heterocycles. The maximum atomic E-state index is 11.0. The Morgan fingerprint density at radius 2 is 1.92 bits per heavy atom. The molecular weight excluding hydrogens is 166 g/mol. The van der Waals surface area contributed by atoms with Crippen molar-refractivity contribution in [1.29, 1.82) is 0 Å². The average molecular weight is 173 g/mol. The summed E-state index contributed by atoms with van der Waals surface area (Å²) < 4.78 is 0. The Bertz CT molecular complexity index is 224. The van der Waals surface area contributed by atoms with Crippen LogP contribution in [0.5, 0.6) is 0 Å². The van der Waals surface area contributed by atoms with Crippen LogP contribution in [0.15, 0.2) is 0 Å². The van der Waals surface area contributed by atoms with Crippen molar-refractivity contribution >= 4 is 17.7 Å². The normalized spacial score (nSPS) is 28.8. The molecule has 0 spiro atoms. The van der Waals surface area contributed by atoms with Crippen molar-refractivity contribution in [2.45, 2.75) is 6.04 Å². The number of carbonyl (C=O) groups is 3. The van der Waals surface area contributed by atoms with E-state index in [1.807, 2.05) is 0 Å². The van der Waals surface area contributed by atoms with Crippen molar-refractivity contribution < 1.29 is 24.6 Å². The molecule has 6 nitrogen and oxygen atoms in total. The molecule has 0 aromatic heterocycles. The standard InChI is InChI=1S/C6H7NO5/c8-4-2(5(9)10)1-7-3(4)6(11)12/h2-3,7H,1H2,(H,9,10)(H,11,12)/t2-,3-/m0/s1. The highest BCUT2D eigenvalue weighted by Gasteiger charge is 2.42. The lowest BCUT2D eigenvalue weighted by Crippen LogP contribution is -2.36. The van der Waals surface area contributed by atoms with E-state index < -0.39 is 29.7 Å². The predicted molar refractivity (Wildman–Crippen MR) is 35.6 cm³/mol. The number of ketones is 1. The highest BCUT2D eigenvalue weighted by atomic mass is 16.4. The van der Waals surface area contributed by atoms with Gasteiger partial charge in [-0.05, 0) is 0 Å². The van der Waals surface area contributed by atoms with E-state index in [2.05, 4.69) is 5.32 Å². The number of hydrogen-bond acceptors (Lipinski definition) is 4. The second-order valence-corrected chi connectivity index (χ2v) is 2.47. The Morgan fingerprint density at radius 3 is 2.17 bits per heavy atom. The molecule has 1 saturated heterocycles. The Hall–Kier alpha value is -1.43. The zero-order chi connectivity index (χ0) is 9.30. The van der Waals surface area contributed by atoms with E-state index in [1.165, 1.54) is 0 Å². The number of hydrogen-bond donors (Lipinski definition) is 3. The van der Waals surface area contributed by atoms with E-state index in [0.29, 0.717) is 0 Å². The molecule has 66 valence electrons. The summed E-state index contributed by atoms with van der Waals surface area (Å²) in [4.78, 5) is 31.6. The average Bonchev–Trinajstić information content (AvgIpc) is 2.30. The minimum atomic E-state index is -1.36. The van der Waals surface area contributed by atoms with Gasteiger partial charge in [0.25, 0.3) is 0 Å². The highest BCUT2D eigenvalue weighted by molar-refractivity contribution is 6.12. The van der Waals surface area contributed by atoms with Crippen LogP contribution in [0.4, 0.5) is 0 Å². The van der Waals surface area contributed by atoms with Gasteiger partial charge >= 0.3 is 11.9 Å². The molecule has 1 heterocycles. The van der Waals surface area contributed by atoms with Gasteiger partial charge in [0.1, 0.15) is 5.92 Å². The van der Waals surface area contributed by atoms with Crippen LogP contribution in [0.3, 0.4) is 0 Å². The molecule has 0 aromatic rings. The van der Waals surface area contributed by atoms with Gasteiger partial charge in [0.2, 0.25) is 0 Å².